The van der Waals surface area contributed by atoms with Gasteiger partial charge in [0.15, 0.2) is 0 Å². The van der Waals surface area contributed by atoms with Crippen LogP contribution < -0.4 is 16.4 Å². The van der Waals surface area contributed by atoms with Crippen LogP contribution in [0.3, 0.4) is 0 Å². The van der Waals surface area contributed by atoms with Crippen molar-refractivity contribution in [2.45, 2.75) is 58.7 Å². The molecule has 1 rings (SSSR count). The molecule has 36 heavy (non-hydrogen) atoms. The number of esters is 1. The second-order valence-electron chi connectivity index (χ2n) is 9.11. The van der Waals surface area contributed by atoms with Gasteiger partial charge in [-0.1, -0.05) is 29.3 Å². The fourth-order valence-corrected chi connectivity index (χ4v) is 3.39. The molecular formula is C24H33N5O7. The lowest BCUT2D eigenvalue weighted by Crippen LogP contribution is -2.54. The van der Waals surface area contributed by atoms with Crippen molar-refractivity contribution in [1.82, 2.24) is 15.5 Å². The van der Waals surface area contributed by atoms with Crippen LogP contribution in [0.2, 0.25) is 0 Å². The summed E-state index contributed by atoms with van der Waals surface area (Å²) in [4.78, 5) is 63.4. The summed E-state index contributed by atoms with van der Waals surface area (Å²) in [5.74, 6) is -3.32. The minimum absolute atomic E-state index is 0.355. The Morgan fingerprint density at radius 1 is 1.11 bits per heavy atom. The van der Waals surface area contributed by atoms with Gasteiger partial charge in [0, 0.05) is 0 Å². The molecule has 0 aliphatic carbocycles. The largest absolute Gasteiger partial charge is 0.468 e. The normalized spacial score (nSPS) is 12.4. The molecule has 2 unspecified atom stereocenters. The summed E-state index contributed by atoms with van der Waals surface area (Å²) in [6.07, 6.45) is -1.60. The molecule has 0 saturated heterocycles. The summed E-state index contributed by atoms with van der Waals surface area (Å²) < 4.78 is 9.72. The maximum Gasteiger partial charge on any atom is 0.408 e. The summed E-state index contributed by atoms with van der Waals surface area (Å²) in [6, 6.07) is 4.08. The number of benzene rings is 1. The standard InChI is InChI=1S/C24H33N5O7/c1-14-9-15(2)11-16(10-14)20(21(32)27-13-19(31)35-6)29(8-7-25)22(33)17(12-18(26)30)28-23(34)36-24(3,4)5/h9-11,17,20H,8,12-13H2,1-6H3,(H2,26,30)(H,27,32)(H,28,34). The Bertz CT molecular complexity index is 1020. The Morgan fingerprint density at radius 3 is 2.17 bits per heavy atom. The van der Waals surface area contributed by atoms with E-state index < -0.39 is 67.0 Å². The van der Waals surface area contributed by atoms with Crippen LogP contribution in [0.5, 0.6) is 0 Å². The van der Waals surface area contributed by atoms with Crippen molar-refractivity contribution in [2.75, 3.05) is 20.2 Å². The molecular weight excluding hydrogens is 470 g/mol. The van der Waals surface area contributed by atoms with E-state index in [1.807, 2.05) is 12.1 Å². The maximum atomic E-state index is 13.6. The number of methoxy groups -OCH3 is 1. The van der Waals surface area contributed by atoms with E-state index in [9.17, 15) is 29.2 Å². The first-order chi connectivity index (χ1) is 16.7. The first-order valence-corrected chi connectivity index (χ1v) is 11.1. The lowest BCUT2D eigenvalue weighted by atomic mass is 9.98. The molecule has 2 atom stereocenters. The number of aryl methyl sites for hydroxylation is 2. The molecule has 4 amide bonds. The number of ether oxygens (including phenoxy) is 2. The molecule has 0 aliphatic heterocycles. The van der Waals surface area contributed by atoms with Gasteiger partial charge in [-0.15, -0.1) is 0 Å². The van der Waals surface area contributed by atoms with E-state index in [2.05, 4.69) is 15.4 Å². The highest BCUT2D eigenvalue weighted by atomic mass is 16.6. The monoisotopic (exact) mass is 503 g/mol. The summed E-state index contributed by atoms with van der Waals surface area (Å²) in [5, 5.41) is 14.2. The Hall–Kier alpha value is -4.14. The van der Waals surface area contributed by atoms with Gasteiger partial charge < -0.3 is 30.7 Å². The van der Waals surface area contributed by atoms with Crippen molar-refractivity contribution < 1.29 is 33.4 Å². The predicted molar refractivity (Wildman–Crippen MR) is 128 cm³/mol. The Morgan fingerprint density at radius 2 is 1.69 bits per heavy atom. The Labute approximate surface area is 210 Å². The van der Waals surface area contributed by atoms with Crippen LogP contribution in [-0.2, 0) is 28.7 Å². The molecule has 0 aliphatic rings. The van der Waals surface area contributed by atoms with Gasteiger partial charge in [0.2, 0.25) is 17.7 Å². The molecule has 12 nitrogen and oxygen atoms in total. The van der Waals surface area contributed by atoms with Crippen LogP contribution in [0.15, 0.2) is 18.2 Å². The van der Waals surface area contributed by atoms with Gasteiger partial charge in [0.1, 0.15) is 30.8 Å². The number of hydrogen-bond acceptors (Lipinski definition) is 8. The third kappa shape index (κ3) is 9.61. The first-order valence-electron chi connectivity index (χ1n) is 11.1. The molecule has 1 aromatic carbocycles. The Balaban J connectivity index is 3.51. The summed E-state index contributed by atoms with van der Waals surface area (Å²) in [5.41, 5.74) is 6.31. The van der Waals surface area contributed by atoms with Gasteiger partial charge in [0.25, 0.3) is 0 Å². The van der Waals surface area contributed by atoms with Gasteiger partial charge in [-0.05, 0) is 40.2 Å². The number of primary amides is 1. The van der Waals surface area contributed by atoms with Crippen molar-refractivity contribution in [2.24, 2.45) is 5.73 Å². The molecule has 1 aromatic rings. The van der Waals surface area contributed by atoms with E-state index in [0.717, 1.165) is 23.1 Å². The third-order valence-electron chi connectivity index (χ3n) is 4.67. The minimum atomic E-state index is -1.52. The second-order valence-corrected chi connectivity index (χ2v) is 9.11. The summed E-state index contributed by atoms with van der Waals surface area (Å²) in [7, 11) is 1.15. The predicted octanol–water partition coefficient (Wildman–Crippen LogP) is 0.755. The zero-order valence-corrected chi connectivity index (χ0v) is 21.3. The lowest BCUT2D eigenvalue weighted by molar-refractivity contribution is -0.144. The highest BCUT2D eigenvalue weighted by molar-refractivity contribution is 5.95. The minimum Gasteiger partial charge on any atom is -0.468 e. The highest BCUT2D eigenvalue weighted by Crippen LogP contribution is 2.25. The topological polar surface area (TPSA) is 181 Å². The number of alkyl carbamates (subject to hydrolysis) is 1. The Kier molecular flexibility index (Phi) is 10.9. The number of hydrogen-bond donors (Lipinski definition) is 3. The number of carbonyl (C=O) groups is 5. The zero-order valence-electron chi connectivity index (χ0n) is 21.3. The summed E-state index contributed by atoms with van der Waals surface area (Å²) >= 11 is 0. The molecule has 0 radical (unpaired) electrons. The molecule has 0 heterocycles. The van der Waals surface area contributed by atoms with E-state index in [4.69, 9.17) is 10.5 Å². The van der Waals surface area contributed by atoms with Crippen molar-refractivity contribution >= 4 is 29.8 Å². The summed E-state index contributed by atoms with van der Waals surface area (Å²) in [6.45, 7) is 7.36. The van der Waals surface area contributed by atoms with Crippen LogP contribution in [-0.4, -0.2) is 66.5 Å². The fourth-order valence-electron chi connectivity index (χ4n) is 3.39. The molecule has 4 N–H and O–H groups in total. The molecule has 0 saturated carbocycles. The van der Waals surface area contributed by atoms with Gasteiger partial charge in [-0.2, -0.15) is 5.26 Å². The number of nitrogens with zero attached hydrogens (tertiary/aromatic N) is 2. The van der Waals surface area contributed by atoms with Crippen LogP contribution in [0.25, 0.3) is 0 Å². The van der Waals surface area contributed by atoms with Crippen LogP contribution in [0, 0.1) is 25.2 Å². The number of carbonyl (C=O) groups excluding carboxylic acids is 5. The first kappa shape index (κ1) is 29.9. The van der Waals surface area contributed by atoms with E-state index in [-0.39, 0.29) is 0 Å². The van der Waals surface area contributed by atoms with E-state index in [1.165, 1.54) is 0 Å². The number of nitriles is 1. The number of nitrogens with two attached hydrogens (primary N) is 1. The van der Waals surface area contributed by atoms with Gasteiger partial charge in [-0.3, -0.25) is 19.2 Å². The highest BCUT2D eigenvalue weighted by Gasteiger charge is 2.37. The SMILES string of the molecule is COC(=O)CNC(=O)C(c1cc(C)cc(C)c1)N(CC#N)C(=O)C(CC(N)=O)NC(=O)OC(C)(C)C. The molecule has 0 spiro atoms. The van der Waals surface area contributed by atoms with Crippen LogP contribution in [0.4, 0.5) is 4.79 Å². The van der Waals surface area contributed by atoms with Crippen molar-refractivity contribution in [3.05, 3.63) is 34.9 Å². The molecule has 12 heteroatoms. The average molecular weight is 504 g/mol. The molecule has 0 fully saturated rings. The van der Waals surface area contributed by atoms with Crippen LogP contribution >= 0.6 is 0 Å². The molecule has 196 valence electrons. The second kappa shape index (κ2) is 13.1. The van der Waals surface area contributed by atoms with E-state index >= 15 is 0 Å². The van der Waals surface area contributed by atoms with E-state index in [1.54, 1.807) is 46.8 Å². The van der Waals surface area contributed by atoms with E-state index in [0.29, 0.717) is 5.56 Å². The fraction of sp³-hybridized carbons (Fsp3) is 0.500. The third-order valence-corrected chi connectivity index (χ3v) is 4.67. The smallest absolute Gasteiger partial charge is 0.408 e. The van der Waals surface area contributed by atoms with Crippen LogP contribution in [0.1, 0.15) is 49.9 Å². The van der Waals surface area contributed by atoms with Gasteiger partial charge >= 0.3 is 12.1 Å². The average Bonchev–Trinajstić information content (AvgIpc) is 2.73. The molecule has 0 aromatic heterocycles. The van der Waals surface area contributed by atoms with Gasteiger partial charge in [-0.25, -0.2) is 4.79 Å². The van der Waals surface area contributed by atoms with Crippen molar-refractivity contribution in [1.29, 1.82) is 5.26 Å². The van der Waals surface area contributed by atoms with Gasteiger partial charge in [0.05, 0.1) is 19.6 Å². The maximum absolute atomic E-state index is 13.6. The van der Waals surface area contributed by atoms with Crippen molar-refractivity contribution in [3.8, 4) is 6.07 Å². The molecule has 0 bridgehead atoms. The van der Waals surface area contributed by atoms with Crippen molar-refractivity contribution in [3.63, 3.8) is 0 Å². The quantitative estimate of drug-likeness (QED) is 0.309. The number of rotatable bonds is 10. The lowest BCUT2D eigenvalue weighted by Gasteiger charge is -2.32. The number of amides is 4. The number of nitrogens with one attached hydrogen (secondary N) is 2. The zero-order chi connectivity index (χ0) is 27.6.